The van der Waals surface area contributed by atoms with Crippen molar-refractivity contribution in [3.05, 3.63) is 66.2 Å². The molecule has 2 aromatic carbocycles. The summed E-state index contributed by atoms with van der Waals surface area (Å²) >= 11 is 0. The summed E-state index contributed by atoms with van der Waals surface area (Å²) in [5.41, 5.74) is 1.66. The second kappa shape index (κ2) is 5.53. The first kappa shape index (κ1) is 14.5. The molecule has 2 aromatic heterocycles. The lowest BCUT2D eigenvalue weighted by Gasteiger charge is -2.06. The normalized spacial score (nSPS) is 11.2. The van der Waals surface area contributed by atoms with E-state index in [0.717, 1.165) is 21.9 Å². The molecule has 0 amide bonds. The zero-order chi connectivity index (χ0) is 16.7. The summed E-state index contributed by atoms with van der Waals surface area (Å²) in [5.74, 6) is 0.545. The molecule has 0 unspecified atom stereocenters. The van der Waals surface area contributed by atoms with E-state index in [1.807, 2.05) is 24.4 Å². The number of rotatable bonds is 3. The van der Waals surface area contributed by atoms with Crippen LogP contribution in [-0.4, -0.2) is 21.8 Å². The summed E-state index contributed by atoms with van der Waals surface area (Å²) in [7, 11) is 1.61. The number of ether oxygens (including phenoxy) is 1. The van der Waals surface area contributed by atoms with Crippen LogP contribution in [0, 0.1) is 5.82 Å². The summed E-state index contributed by atoms with van der Waals surface area (Å²) in [6.07, 6.45) is 3.56. The molecule has 0 radical (unpaired) electrons. The smallest absolute Gasteiger partial charge is 0.199 e. The molecular formula is C19H15FN2O2. The van der Waals surface area contributed by atoms with Gasteiger partial charge in [0.2, 0.25) is 0 Å². The molecule has 4 nitrogen and oxygen atoms in total. The van der Waals surface area contributed by atoms with Gasteiger partial charge in [-0.15, -0.1) is 0 Å². The molecule has 0 aliphatic rings. The Labute approximate surface area is 137 Å². The van der Waals surface area contributed by atoms with E-state index < -0.39 is 0 Å². The van der Waals surface area contributed by atoms with Crippen molar-refractivity contribution >= 4 is 21.7 Å². The number of benzene rings is 2. The Balaban J connectivity index is 1.90. The van der Waals surface area contributed by atoms with Crippen LogP contribution in [0.1, 0.15) is 5.56 Å². The molecule has 0 bridgehead atoms. The third kappa shape index (κ3) is 2.25. The molecule has 1 N–H and O–H groups in total. The Bertz CT molecular complexity index is 1040. The third-order valence-corrected chi connectivity index (χ3v) is 4.17. The summed E-state index contributed by atoms with van der Waals surface area (Å²) in [5, 5.41) is 13.0. The van der Waals surface area contributed by atoms with E-state index in [4.69, 9.17) is 4.74 Å². The van der Waals surface area contributed by atoms with Crippen molar-refractivity contribution in [1.29, 1.82) is 0 Å². The van der Waals surface area contributed by atoms with E-state index in [1.54, 1.807) is 30.0 Å². The number of hydrogen-bond donors (Lipinski definition) is 1. The highest BCUT2D eigenvalue weighted by atomic mass is 19.1. The van der Waals surface area contributed by atoms with Crippen molar-refractivity contribution in [2.24, 2.45) is 0 Å². The number of hydrogen-bond acceptors (Lipinski definition) is 3. The second-order valence-electron chi connectivity index (χ2n) is 5.65. The van der Waals surface area contributed by atoms with Crippen molar-refractivity contribution in [2.75, 3.05) is 7.11 Å². The van der Waals surface area contributed by atoms with Gasteiger partial charge in [-0.25, -0.2) is 4.39 Å². The van der Waals surface area contributed by atoms with Crippen LogP contribution in [0.15, 0.2) is 54.9 Å². The standard InChI is InChI=1S/C19H15FN2O2/c1-24-18-14-3-2-8-21-17(14)9-15-16(18)11-22(19(15)23)10-12-4-6-13(20)7-5-12/h2-9,11,23H,10H2,1H3. The van der Waals surface area contributed by atoms with Crippen LogP contribution in [0.3, 0.4) is 0 Å². The SMILES string of the molecule is COc1c2cccnc2cc2c(O)n(Cc3ccc(F)cc3)cc12. The molecule has 0 atom stereocenters. The monoisotopic (exact) mass is 322 g/mol. The molecule has 2 heterocycles. The Morgan fingerprint density at radius 1 is 1.12 bits per heavy atom. The van der Waals surface area contributed by atoms with Crippen LogP contribution in [-0.2, 0) is 6.54 Å². The van der Waals surface area contributed by atoms with Gasteiger partial charge in [0.15, 0.2) is 5.88 Å². The lowest BCUT2D eigenvalue weighted by Crippen LogP contribution is -1.97. The highest BCUT2D eigenvalue weighted by Gasteiger charge is 2.16. The van der Waals surface area contributed by atoms with Crippen LogP contribution in [0.2, 0.25) is 0 Å². The van der Waals surface area contributed by atoms with Crippen molar-refractivity contribution in [1.82, 2.24) is 9.55 Å². The number of aromatic nitrogens is 2. The quantitative estimate of drug-likeness (QED) is 0.618. The Hall–Kier alpha value is -3.08. The van der Waals surface area contributed by atoms with Gasteiger partial charge in [-0.05, 0) is 35.9 Å². The highest BCUT2D eigenvalue weighted by molar-refractivity contribution is 6.06. The lowest BCUT2D eigenvalue weighted by molar-refractivity contribution is 0.424. The topological polar surface area (TPSA) is 47.3 Å². The van der Waals surface area contributed by atoms with Gasteiger partial charge in [-0.1, -0.05) is 12.1 Å². The summed E-state index contributed by atoms with van der Waals surface area (Å²) in [6, 6.07) is 11.9. The first-order chi connectivity index (χ1) is 11.7. The molecule has 0 saturated carbocycles. The van der Waals surface area contributed by atoms with Crippen LogP contribution in [0.25, 0.3) is 21.7 Å². The minimum absolute atomic E-state index is 0.139. The van der Waals surface area contributed by atoms with Gasteiger partial charge < -0.3 is 14.4 Å². The second-order valence-corrected chi connectivity index (χ2v) is 5.65. The average Bonchev–Trinajstić information content (AvgIpc) is 2.91. The average molecular weight is 322 g/mol. The van der Waals surface area contributed by atoms with Gasteiger partial charge in [0.05, 0.1) is 19.2 Å². The molecular weight excluding hydrogens is 307 g/mol. The largest absolute Gasteiger partial charge is 0.495 e. The Morgan fingerprint density at radius 2 is 1.92 bits per heavy atom. The summed E-state index contributed by atoms with van der Waals surface area (Å²) in [4.78, 5) is 4.34. The van der Waals surface area contributed by atoms with Crippen molar-refractivity contribution < 1.29 is 14.2 Å². The number of aromatic hydroxyl groups is 1. The lowest BCUT2D eigenvalue weighted by atomic mass is 10.1. The fraction of sp³-hybridized carbons (Fsp3) is 0.105. The van der Waals surface area contributed by atoms with Gasteiger partial charge in [0.25, 0.3) is 0 Å². The van der Waals surface area contributed by atoms with E-state index >= 15 is 0 Å². The van der Waals surface area contributed by atoms with Crippen LogP contribution >= 0.6 is 0 Å². The maximum atomic E-state index is 13.1. The molecule has 0 saturated heterocycles. The first-order valence-corrected chi connectivity index (χ1v) is 7.55. The van der Waals surface area contributed by atoms with E-state index in [2.05, 4.69) is 4.98 Å². The maximum absolute atomic E-state index is 13.1. The molecule has 0 fully saturated rings. The van der Waals surface area contributed by atoms with Gasteiger partial charge in [0, 0.05) is 28.6 Å². The van der Waals surface area contributed by atoms with Crippen molar-refractivity contribution in [2.45, 2.75) is 6.54 Å². The Morgan fingerprint density at radius 3 is 2.67 bits per heavy atom. The molecule has 0 aliphatic heterocycles. The van der Waals surface area contributed by atoms with Crippen molar-refractivity contribution in [3.63, 3.8) is 0 Å². The predicted octanol–water partition coefficient (Wildman–Crippen LogP) is 4.09. The number of fused-ring (bicyclic) bond motifs is 2. The Kier molecular flexibility index (Phi) is 3.34. The predicted molar refractivity (Wildman–Crippen MR) is 91.0 cm³/mol. The molecule has 4 rings (SSSR count). The number of halogens is 1. The minimum atomic E-state index is -0.278. The summed E-state index contributed by atoms with van der Waals surface area (Å²) < 4.78 is 20.3. The van der Waals surface area contributed by atoms with Gasteiger partial charge >= 0.3 is 0 Å². The highest BCUT2D eigenvalue weighted by Crippen LogP contribution is 2.39. The number of pyridine rings is 1. The van der Waals surface area contributed by atoms with Gasteiger partial charge in [-0.2, -0.15) is 0 Å². The van der Waals surface area contributed by atoms with Crippen LogP contribution < -0.4 is 4.74 Å². The van der Waals surface area contributed by atoms with Crippen molar-refractivity contribution in [3.8, 4) is 11.6 Å². The maximum Gasteiger partial charge on any atom is 0.199 e. The minimum Gasteiger partial charge on any atom is -0.495 e. The molecule has 4 aromatic rings. The third-order valence-electron chi connectivity index (χ3n) is 4.17. The number of nitrogens with zero attached hydrogens (tertiary/aromatic N) is 2. The summed E-state index contributed by atoms with van der Waals surface area (Å²) in [6.45, 7) is 0.438. The van der Waals surface area contributed by atoms with E-state index in [0.29, 0.717) is 17.7 Å². The molecule has 24 heavy (non-hydrogen) atoms. The van der Waals surface area contributed by atoms with Gasteiger partial charge in [0.1, 0.15) is 11.6 Å². The van der Waals surface area contributed by atoms with Crippen LogP contribution in [0.5, 0.6) is 11.6 Å². The van der Waals surface area contributed by atoms with E-state index in [-0.39, 0.29) is 11.7 Å². The first-order valence-electron chi connectivity index (χ1n) is 7.55. The fourth-order valence-corrected chi connectivity index (χ4v) is 3.02. The fourth-order valence-electron chi connectivity index (χ4n) is 3.02. The molecule has 5 heteroatoms. The zero-order valence-corrected chi connectivity index (χ0v) is 13.0. The molecule has 120 valence electrons. The number of methoxy groups -OCH3 is 1. The van der Waals surface area contributed by atoms with E-state index in [1.165, 1.54) is 12.1 Å². The van der Waals surface area contributed by atoms with E-state index in [9.17, 15) is 9.50 Å². The van der Waals surface area contributed by atoms with Gasteiger partial charge in [-0.3, -0.25) is 4.98 Å². The van der Waals surface area contributed by atoms with Crippen LogP contribution in [0.4, 0.5) is 4.39 Å². The molecule has 0 aliphatic carbocycles. The zero-order valence-electron chi connectivity index (χ0n) is 13.0. The molecule has 0 spiro atoms.